The maximum atomic E-state index is 13.5. The van der Waals surface area contributed by atoms with Gasteiger partial charge in [0.15, 0.2) is 0 Å². The second-order valence-electron chi connectivity index (χ2n) is 6.05. The van der Waals surface area contributed by atoms with E-state index < -0.39 is 0 Å². The molecule has 1 aliphatic heterocycles. The lowest BCUT2D eigenvalue weighted by molar-refractivity contribution is 0.623. The van der Waals surface area contributed by atoms with E-state index in [1.807, 2.05) is 17.7 Å². The molecule has 0 bridgehead atoms. The molecule has 24 heavy (non-hydrogen) atoms. The fourth-order valence-corrected chi connectivity index (χ4v) is 3.24. The monoisotopic (exact) mass is 325 g/mol. The van der Waals surface area contributed by atoms with E-state index in [1.54, 1.807) is 24.3 Å². The van der Waals surface area contributed by atoms with Crippen molar-refractivity contribution in [1.29, 1.82) is 0 Å². The molecule has 2 aromatic carbocycles. The summed E-state index contributed by atoms with van der Waals surface area (Å²) < 4.78 is 28.7. The third-order valence-electron chi connectivity index (χ3n) is 4.53. The van der Waals surface area contributed by atoms with Crippen molar-refractivity contribution in [2.75, 3.05) is 11.4 Å². The molecule has 3 nitrogen and oxygen atoms in total. The number of halogens is 2. The number of aromatic nitrogens is 2. The largest absolute Gasteiger partial charge is 0.365 e. The molecule has 0 saturated heterocycles. The molecule has 0 atom stereocenters. The molecule has 0 amide bonds. The molecule has 2 heterocycles. The SMILES string of the molecule is Cn1c(-c2ccc(F)cc2)nc2c1CN(c1cccc(F)c1)CC2. The van der Waals surface area contributed by atoms with Crippen molar-refractivity contribution in [3.8, 4) is 11.4 Å². The molecule has 0 radical (unpaired) electrons. The van der Waals surface area contributed by atoms with Crippen LogP contribution >= 0.6 is 0 Å². The van der Waals surface area contributed by atoms with Crippen LogP contribution in [0.4, 0.5) is 14.5 Å². The number of imidazole rings is 1. The molecule has 0 spiro atoms. The number of nitrogens with zero attached hydrogens (tertiary/aromatic N) is 3. The van der Waals surface area contributed by atoms with Crippen LogP contribution in [0.2, 0.25) is 0 Å². The van der Waals surface area contributed by atoms with Gasteiger partial charge in [0.05, 0.1) is 17.9 Å². The molecule has 5 heteroatoms. The van der Waals surface area contributed by atoms with E-state index in [2.05, 4.69) is 4.90 Å². The van der Waals surface area contributed by atoms with E-state index in [9.17, 15) is 8.78 Å². The average molecular weight is 325 g/mol. The van der Waals surface area contributed by atoms with Crippen molar-refractivity contribution in [1.82, 2.24) is 9.55 Å². The van der Waals surface area contributed by atoms with Gasteiger partial charge in [-0.2, -0.15) is 0 Å². The van der Waals surface area contributed by atoms with Crippen LogP contribution in [0, 0.1) is 11.6 Å². The zero-order chi connectivity index (χ0) is 16.7. The molecule has 0 saturated carbocycles. The van der Waals surface area contributed by atoms with Crippen LogP contribution in [0.15, 0.2) is 48.5 Å². The van der Waals surface area contributed by atoms with E-state index in [-0.39, 0.29) is 11.6 Å². The van der Waals surface area contributed by atoms with Crippen LogP contribution in [0.25, 0.3) is 11.4 Å². The minimum atomic E-state index is -0.255. The van der Waals surface area contributed by atoms with E-state index >= 15 is 0 Å². The number of hydrogen-bond donors (Lipinski definition) is 0. The molecule has 0 unspecified atom stereocenters. The molecule has 4 rings (SSSR count). The minimum Gasteiger partial charge on any atom is -0.365 e. The first kappa shape index (κ1) is 14.9. The van der Waals surface area contributed by atoms with Crippen molar-refractivity contribution in [2.24, 2.45) is 7.05 Å². The predicted molar refractivity (Wildman–Crippen MR) is 89.8 cm³/mol. The van der Waals surface area contributed by atoms with Crippen molar-refractivity contribution >= 4 is 5.69 Å². The summed E-state index contributed by atoms with van der Waals surface area (Å²) in [5, 5.41) is 0. The van der Waals surface area contributed by atoms with Crippen LogP contribution in [0.5, 0.6) is 0 Å². The fourth-order valence-electron chi connectivity index (χ4n) is 3.24. The predicted octanol–water partition coefficient (Wildman–Crippen LogP) is 3.93. The van der Waals surface area contributed by atoms with Crippen LogP contribution in [0.3, 0.4) is 0 Å². The average Bonchev–Trinajstić information content (AvgIpc) is 2.92. The number of hydrogen-bond acceptors (Lipinski definition) is 2. The van der Waals surface area contributed by atoms with Gasteiger partial charge in [-0.3, -0.25) is 0 Å². The summed E-state index contributed by atoms with van der Waals surface area (Å²) in [7, 11) is 1.97. The number of rotatable bonds is 2. The molecular formula is C19H17F2N3. The molecule has 0 N–H and O–H groups in total. The Morgan fingerprint density at radius 2 is 1.79 bits per heavy atom. The Kier molecular flexibility index (Phi) is 3.56. The van der Waals surface area contributed by atoms with Crippen molar-refractivity contribution in [2.45, 2.75) is 13.0 Å². The standard InChI is InChI=1S/C19H17F2N3/c1-23-18-12-24(16-4-2-3-15(21)11-16)10-9-17(18)22-19(23)13-5-7-14(20)8-6-13/h2-8,11H,9-10,12H2,1H3. The summed E-state index contributed by atoms with van der Waals surface area (Å²) in [4.78, 5) is 6.89. The molecule has 0 fully saturated rings. The highest BCUT2D eigenvalue weighted by Gasteiger charge is 2.23. The maximum Gasteiger partial charge on any atom is 0.140 e. The molecule has 1 aliphatic rings. The second kappa shape index (κ2) is 5.74. The summed E-state index contributed by atoms with van der Waals surface area (Å²) in [5.41, 5.74) is 3.95. The zero-order valence-corrected chi connectivity index (χ0v) is 13.3. The zero-order valence-electron chi connectivity index (χ0n) is 13.3. The smallest absolute Gasteiger partial charge is 0.140 e. The Morgan fingerprint density at radius 3 is 2.54 bits per heavy atom. The Hall–Kier alpha value is -2.69. The third kappa shape index (κ3) is 2.56. The lowest BCUT2D eigenvalue weighted by Gasteiger charge is -2.29. The lowest BCUT2D eigenvalue weighted by Crippen LogP contribution is -2.31. The van der Waals surface area contributed by atoms with Crippen molar-refractivity contribution in [3.05, 3.63) is 71.6 Å². The molecule has 0 aliphatic carbocycles. The van der Waals surface area contributed by atoms with Gasteiger partial charge >= 0.3 is 0 Å². The summed E-state index contributed by atoms with van der Waals surface area (Å²) in [6.45, 7) is 1.49. The van der Waals surface area contributed by atoms with E-state index in [4.69, 9.17) is 4.98 Å². The summed E-state index contributed by atoms with van der Waals surface area (Å²) in [5.74, 6) is 0.353. The topological polar surface area (TPSA) is 21.1 Å². The van der Waals surface area contributed by atoms with Gasteiger partial charge in [-0.25, -0.2) is 13.8 Å². The van der Waals surface area contributed by atoms with E-state index in [0.29, 0.717) is 6.54 Å². The maximum absolute atomic E-state index is 13.5. The Labute approximate surface area is 139 Å². The highest BCUT2D eigenvalue weighted by atomic mass is 19.1. The molecule has 3 aromatic rings. The Morgan fingerprint density at radius 1 is 1.00 bits per heavy atom. The van der Waals surface area contributed by atoms with Crippen LogP contribution in [-0.2, 0) is 20.0 Å². The summed E-state index contributed by atoms with van der Waals surface area (Å²) in [6, 6.07) is 13.0. The minimum absolute atomic E-state index is 0.227. The van der Waals surface area contributed by atoms with Gasteiger partial charge in [-0.1, -0.05) is 6.07 Å². The van der Waals surface area contributed by atoms with Crippen LogP contribution in [-0.4, -0.2) is 16.1 Å². The highest BCUT2D eigenvalue weighted by Crippen LogP contribution is 2.28. The quantitative estimate of drug-likeness (QED) is 0.712. The van der Waals surface area contributed by atoms with E-state index in [1.165, 1.54) is 18.2 Å². The number of benzene rings is 2. The molecular weight excluding hydrogens is 308 g/mol. The van der Waals surface area contributed by atoms with Gasteiger partial charge in [0.25, 0.3) is 0 Å². The summed E-state index contributed by atoms with van der Waals surface area (Å²) >= 11 is 0. The molecule has 1 aromatic heterocycles. The number of anilines is 1. The van der Waals surface area contributed by atoms with Gasteiger partial charge in [-0.05, 0) is 42.5 Å². The van der Waals surface area contributed by atoms with Gasteiger partial charge in [0.2, 0.25) is 0 Å². The first-order valence-corrected chi connectivity index (χ1v) is 7.93. The van der Waals surface area contributed by atoms with Gasteiger partial charge in [-0.15, -0.1) is 0 Å². The fraction of sp³-hybridized carbons (Fsp3) is 0.211. The lowest BCUT2D eigenvalue weighted by atomic mass is 10.1. The van der Waals surface area contributed by atoms with Gasteiger partial charge in [0.1, 0.15) is 17.5 Å². The normalized spacial score (nSPS) is 13.9. The third-order valence-corrected chi connectivity index (χ3v) is 4.53. The first-order chi connectivity index (χ1) is 11.6. The Bertz CT molecular complexity index is 884. The molecule has 122 valence electrons. The van der Waals surface area contributed by atoms with Crippen molar-refractivity contribution in [3.63, 3.8) is 0 Å². The van der Waals surface area contributed by atoms with E-state index in [0.717, 1.165) is 41.4 Å². The van der Waals surface area contributed by atoms with Crippen LogP contribution in [0.1, 0.15) is 11.4 Å². The highest BCUT2D eigenvalue weighted by molar-refractivity contribution is 5.58. The summed E-state index contributed by atoms with van der Waals surface area (Å²) in [6.07, 6.45) is 0.806. The van der Waals surface area contributed by atoms with Crippen LogP contribution < -0.4 is 4.90 Å². The second-order valence-corrected chi connectivity index (χ2v) is 6.05. The Balaban J connectivity index is 1.68. The van der Waals surface area contributed by atoms with Gasteiger partial charge in [0, 0.05) is 31.3 Å². The van der Waals surface area contributed by atoms with Gasteiger partial charge < -0.3 is 9.47 Å². The van der Waals surface area contributed by atoms with Crippen molar-refractivity contribution < 1.29 is 8.78 Å². The first-order valence-electron chi connectivity index (χ1n) is 7.93. The number of fused-ring (bicyclic) bond motifs is 1.